The zero-order valence-corrected chi connectivity index (χ0v) is 15.4. The minimum Gasteiger partial charge on any atom is -0.300 e. The van der Waals surface area contributed by atoms with Crippen molar-refractivity contribution in [3.05, 3.63) is 35.4 Å². The topological polar surface area (TPSA) is 79.4 Å². The molecule has 134 valence electrons. The number of allylic oxidation sites excluding steroid dienone is 2. The lowest BCUT2D eigenvalue weighted by Crippen LogP contribution is -2.38. The molecule has 0 radical (unpaired) electrons. The third kappa shape index (κ3) is 2.92. The molecular weight excluding hydrogens is 350 g/mol. The van der Waals surface area contributed by atoms with Gasteiger partial charge < -0.3 is 5.32 Å². The normalized spacial score (nSPS) is 22.5. The van der Waals surface area contributed by atoms with Gasteiger partial charge in [-0.2, -0.15) is 0 Å². The number of carbonyl (C=O) groups is 3. The maximum absolute atomic E-state index is 12.5. The monoisotopic (exact) mass is 369 g/mol. The standard InChI is InChI=1S/C19H19N3O3S/c1-10-3-5-12-13(7-10)18(25)22(17(12)24)9-16(23)21-19-20-14-6-4-11(2)8-15(14)26-19/h3-4,6,8,12-13H,5,7,9H2,1-2H3,(H,20,21,23). The summed E-state index contributed by atoms with van der Waals surface area (Å²) >= 11 is 1.38. The van der Waals surface area contributed by atoms with E-state index >= 15 is 0 Å². The summed E-state index contributed by atoms with van der Waals surface area (Å²) < 4.78 is 0.987. The van der Waals surface area contributed by atoms with E-state index in [1.807, 2.05) is 38.1 Å². The van der Waals surface area contributed by atoms with Crippen LogP contribution >= 0.6 is 11.3 Å². The van der Waals surface area contributed by atoms with Crippen molar-refractivity contribution in [2.45, 2.75) is 26.7 Å². The lowest BCUT2D eigenvalue weighted by molar-refractivity contribution is -0.142. The van der Waals surface area contributed by atoms with Crippen molar-refractivity contribution in [2.75, 3.05) is 11.9 Å². The van der Waals surface area contributed by atoms with E-state index in [1.165, 1.54) is 11.3 Å². The number of fused-ring (bicyclic) bond motifs is 2. The van der Waals surface area contributed by atoms with Gasteiger partial charge in [0.1, 0.15) is 6.54 Å². The molecule has 2 heterocycles. The molecule has 0 bridgehead atoms. The Hall–Kier alpha value is -2.54. The van der Waals surface area contributed by atoms with Crippen LogP contribution in [-0.2, 0) is 14.4 Å². The van der Waals surface area contributed by atoms with Crippen molar-refractivity contribution in [1.29, 1.82) is 0 Å². The van der Waals surface area contributed by atoms with Gasteiger partial charge >= 0.3 is 0 Å². The number of benzene rings is 1. The quantitative estimate of drug-likeness (QED) is 0.666. The third-order valence-electron chi connectivity index (χ3n) is 5.01. The Balaban J connectivity index is 1.46. The van der Waals surface area contributed by atoms with E-state index in [0.29, 0.717) is 18.0 Å². The highest BCUT2D eigenvalue weighted by atomic mass is 32.1. The number of amides is 3. The van der Waals surface area contributed by atoms with E-state index in [2.05, 4.69) is 10.3 Å². The van der Waals surface area contributed by atoms with Crippen LogP contribution in [0.1, 0.15) is 25.3 Å². The number of hydrogen-bond acceptors (Lipinski definition) is 5. The fourth-order valence-corrected chi connectivity index (χ4v) is 4.63. The van der Waals surface area contributed by atoms with Gasteiger partial charge in [-0.15, -0.1) is 0 Å². The predicted molar refractivity (Wildman–Crippen MR) is 99.7 cm³/mol. The first-order valence-electron chi connectivity index (χ1n) is 8.60. The Labute approximate surface area is 154 Å². The molecule has 2 atom stereocenters. The van der Waals surface area contributed by atoms with Gasteiger partial charge in [-0.05, 0) is 44.4 Å². The van der Waals surface area contributed by atoms with Crippen LogP contribution in [0.5, 0.6) is 0 Å². The SMILES string of the molecule is CC1=CCC2C(=O)N(CC(=O)Nc3nc4ccc(C)cc4s3)C(=O)C2C1. The summed E-state index contributed by atoms with van der Waals surface area (Å²) in [5, 5.41) is 3.19. The van der Waals surface area contributed by atoms with Gasteiger partial charge in [0, 0.05) is 0 Å². The van der Waals surface area contributed by atoms with E-state index in [0.717, 1.165) is 26.3 Å². The minimum atomic E-state index is -0.397. The molecule has 2 aromatic rings. The van der Waals surface area contributed by atoms with Gasteiger partial charge in [0.2, 0.25) is 17.7 Å². The molecule has 2 aliphatic rings. The van der Waals surface area contributed by atoms with E-state index in [9.17, 15) is 14.4 Å². The van der Waals surface area contributed by atoms with Crippen LogP contribution in [0.2, 0.25) is 0 Å². The van der Waals surface area contributed by atoms with Gasteiger partial charge in [-0.1, -0.05) is 29.1 Å². The van der Waals surface area contributed by atoms with Crippen LogP contribution in [0.3, 0.4) is 0 Å². The number of anilines is 1. The zero-order chi connectivity index (χ0) is 18.4. The van der Waals surface area contributed by atoms with E-state index in [-0.39, 0.29) is 30.2 Å². The number of carbonyl (C=O) groups excluding carboxylic acids is 3. The molecule has 6 nitrogen and oxygen atoms in total. The van der Waals surface area contributed by atoms with Crippen LogP contribution in [0.15, 0.2) is 29.8 Å². The molecule has 1 fully saturated rings. The summed E-state index contributed by atoms with van der Waals surface area (Å²) in [4.78, 5) is 42.9. The summed E-state index contributed by atoms with van der Waals surface area (Å²) in [6.45, 7) is 3.72. The molecular formula is C19H19N3O3S. The lowest BCUT2D eigenvalue weighted by atomic mass is 9.82. The Morgan fingerprint density at radius 1 is 1.27 bits per heavy atom. The van der Waals surface area contributed by atoms with Crippen molar-refractivity contribution < 1.29 is 14.4 Å². The first-order chi connectivity index (χ1) is 12.4. The second-order valence-electron chi connectivity index (χ2n) is 7.00. The number of likely N-dealkylation sites (tertiary alicyclic amines) is 1. The molecule has 1 saturated heterocycles. The number of aromatic nitrogens is 1. The molecule has 1 aromatic heterocycles. The number of hydrogen-bond donors (Lipinski definition) is 1. The van der Waals surface area contributed by atoms with Crippen molar-refractivity contribution >= 4 is 44.4 Å². The van der Waals surface area contributed by atoms with Crippen LogP contribution in [0.25, 0.3) is 10.2 Å². The third-order valence-corrected chi connectivity index (χ3v) is 5.94. The predicted octanol–water partition coefficient (Wildman–Crippen LogP) is 2.88. The van der Waals surface area contributed by atoms with Crippen LogP contribution < -0.4 is 5.32 Å². The van der Waals surface area contributed by atoms with Crippen molar-refractivity contribution in [3.8, 4) is 0 Å². The molecule has 0 saturated carbocycles. The molecule has 1 aliphatic heterocycles. The highest BCUT2D eigenvalue weighted by Gasteiger charge is 2.48. The lowest BCUT2D eigenvalue weighted by Gasteiger charge is -2.19. The first kappa shape index (κ1) is 16.9. The number of thiazole rings is 1. The van der Waals surface area contributed by atoms with Gasteiger partial charge in [-0.3, -0.25) is 19.3 Å². The molecule has 1 aliphatic carbocycles. The van der Waals surface area contributed by atoms with Gasteiger partial charge in [0.15, 0.2) is 5.13 Å². The molecule has 0 spiro atoms. The largest absolute Gasteiger partial charge is 0.300 e. The van der Waals surface area contributed by atoms with Gasteiger partial charge in [-0.25, -0.2) is 4.98 Å². The summed E-state index contributed by atoms with van der Waals surface area (Å²) in [6, 6.07) is 5.88. The fourth-order valence-electron chi connectivity index (χ4n) is 3.65. The zero-order valence-electron chi connectivity index (χ0n) is 14.6. The second kappa shape index (κ2) is 6.32. The number of nitrogens with zero attached hydrogens (tertiary/aromatic N) is 2. The van der Waals surface area contributed by atoms with Crippen LogP contribution in [0.4, 0.5) is 5.13 Å². The highest BCUT2D eigenvalue weighted by Crippen LogP contribution is 2.37. The Morgan fingerprint density at radius 3 is 2.85 bits per heavy atom. The Morgan fingerprint density at radius 2 is 2.04 bits per heavy atom. The Bertz CT molecular complexity index is 962. The van der Waals surface area contributed by atoms with Crippen LogP contribution in [-0.4, -0.2) is 34.2 Å². The minimum absolute atomic E-state index is 0.234. The fraction of sp³-hybridized carbons (Fsp3) is 0.368. The molecule has 2 unspecified atom stereocenters. The maximum atomic E-state index is 12.5. The van der Waals surface area contributed by atoms with Crippen LogP contribution in [0, 0.1) is 18.8 Å². The number of rotatable bonds is 3. The Kier molecular flexibility index (Phi) is 4.11. The van der Waals surface area contributed by atoms with Gasteiger partial charge in [0.05, 0.1) is 22.1 Å². The first-order valence-corrected chi connectivity index (χ1v) is 9.42. The number of nitrogens with one attached hydrogen (secondary N) is 1. The molecule has 3 amide bonds. The maximum Gasteiger partial charge on any atom is 0.246 e. The second-order valence-corrected chi connectivity index (χ2v) is 8.03. The van der Waals surface area contributed by atoms with Gasteiger partial charge in [0.25, 0.3) is 0 Å². The molecule has 7 heteroatoms. The molecule has 4 rings (SSSR count). The summed E-state index contributed by atoms with van der Waals surface area (Å²) in [6.07, 6.45) is 3.19. The average molecular weight is 369 g/mol. The molecule has 1 aromatic carbocycles. The smallest absolute Gasteiger partial charge is 0.246 e. The van der Waals surface area contributed by atoms with E-state index in [1.54, 1.807) is 0 Å². The van der Waals surface area contributed by atoms with Crippen molar-refractivity contribution in [2.24, 2.45) is 11.8 Å². The number of imide groups is 1. The highest BCUT2D eigenvalue weighted by molar-refractivity contribution is 7.22. The summed E-state index contributed by atoms with van der Waals surface area (Å²) in [5.74, 6) is -1.50. The summed E-state index contributed by atoms with van der Waals surface area (Å²) in [7, 11) is 0. The van der Waals surface area contributed by atoms with Crippen molar-refractivity contribution in [1.82, 2.24) is 9.88 Å². The van der Waals surface area contributed by atoms with E-state index in [4.69, 9.17) is 0 Å². The van der Waals surface area contributed by atoms with E-state index < -0.39 is 5.91 Å². The molecule has 1 N–H and O–H groups in total. The number of aryl methyl sites for hydroxylation is 1. The molecule has 26 heavy (non-hydrogen) atoms. The summed E-state index contributed by atoms with van der Waals surface area (Å²) in [5.41, 5.74) is 3.07. The average Bonchev–Trinajstić information content (AvgIpc) is 3.08. The van der Waals surface area contributed by atoms with Crippen molar-refractivity contribution in [3.63, 3.8) is 0 Å².